The second-order valence-corrected chi connectivity index (χ2v) is 4.32. The first-order valence-electron chi connectivity index (χ1n) is 6.53. The Hall–Kier alpha value is -2.37. The minimum absolute atomic E-state index is 0.0612. The Morgan fingerprint density at radius 3 is 2.04 bits per heavy atom. The van der Waals surface area contributed by atoms with Crippen LogP contribution in [0.15, 0.2) is 0 Å². The minimum Gasteiger partial charge on any atom is -0.480 e. The van der Waals surface area contributed by atoms with Gasteiger partial charge in [0.05, 0.1) is 7.11 Å². The molecule has 140 valence electrons. The number of ether oxygens (including phenoxy) is 1. The number of aliphatic carboxylic acids is 2. The van der Waals surface area contributed by atoms with Crippen LogP contribution < -0.4 is 11.1 Å². The van der Waals surface area contributed by atoms with Gasteiger partial charge in [-0.25, -0.2) is 4.79 Å². The highest BCUT2D eigenvalue weighted by Gasteiger charge is 2.38. The lowest BCUT2D eigenvalue weighted by Crippen LogP contribution is -2.33. The number of nitrogens with one attached hydrogen (secondary N) is 1. The molecule has 0 heterocycles. The molecule has 0 aromatic carbocycles. The number of nitrogens with two attached hydrogens (primary N) is 1. The van der Waals surface area contributed by atoms with Crippen LogP contribution in [0.25, 0.3) is 0 Å². The van der Waals surface area contributed by atoms with Crippen molar-refractivity contribution >= 4 is 23.8 Å². The van der Waals surface area contributed by atoms with Crippen LogP contribution in [-0.4, -0.2) is 59.9 Å². The quantitative estimate of drug-likeness (QED) is 0.345. The molecule has 0 spiro atoms. The molecule has 9 nitrogen and oxygen atoms in total. The molecule has 12 heteroatoms. The van der Waals surface area contributed by atoms with Crippen LogP contribution in [0, 0.1) is 0 Å². The average Bonchev–Trinajstić information content (AvgIpc) is 2.48. The highest BCUT2D eigenvalue weighted by molar-refractivity contribution is 5.78. The maximum absolute atomic E-state index is 11.2. The van der Waals surface area contributed by atoms with Crippen molar-refractivity contribution in [3.63, 3.8) is 0 Å². The summed E-state index contributed by atoms with van der Waals surface area (Å²) in [5.74, 6) is -4.48. The van der Waals surface area contributed by atoms with Gasteiger partial charge < -0.3 is 26.0 Å². The summed E-state index contributed by atoms with van der Waals surface area (Å²) < 4.78 is 36.2. The molecule has 24 heavy (non-hydrogen) atoms. The Balaban J connectivity index is 0. The van der Waals surface area contributed by atoms with Crippen LogP contribution >= 0.6 is 0 Å². The van der Waals surface area contributed by atoms with E-state index in [1.807, 2.05) is 0 Å². The van der Waals surface area contributed by atoms with Crippen molar-refractivity contribution in [2.24, 2.45) is 5.73 Å². The summed E-state index contributed by atoms with van der Waals surface area (Å²) >= 11 is 0. The maximum Gasteiger partial charge on any atom is 0.490 e. The zero-order valence-corrected chi connectivity index (χ0v) is 12.8. The number of methoxy groups -OCH3 is 1. The maximum atomic E-state index is 11.2. The summed E-state index contributed by atoms with van der Waals surface area (Å²) in [5.41, 5.74) is 5.24. The summed E-state index contributed by atoms with van der Waals surface area (Å²) in [5, 5.41) is 18.2. The highest BCUT2D eigenvalue weighted by Crippen LogP contribution is 2.13. The van der Waals surface area contributed by atoms with Crippen molar-refractivity contribution in [3.05, 3.63) is 0 Å². The van der Waals surface area contributed by atoms with Gasteiger partial charge >= 0.3 is 24.1 Å². The predicted molar refractivity (Wildman–Crippen MR) is 72.8 cm³/mol. The summed E-state index contributed by atoms with van der Waals surface area (Å²) in [6.07, 6.45) is -4.20. The first kappa shape index (κ1) is 23.9. The number of rotatable bonds is 8. The molecule has 0 rings (SSSR count). The molecule has 0 radical (unpaired) electrons. The van der Waals surface area contributed by atoms with E-state index in [-0.39, 0.29) is 31.1 Å². The van der Waals surface area contributed by atoms with Gasteiger partial charge in [0.2, 0.25) is 5.91 Å². The first-order valence-corrected chi connectivity index (χ1v) is 6.53. The second kappa shape index (κ2) is 12.1. The molecule has 0 fully saturated rings. The fourth-order valence-corrected chi connectivity index (χ4v) is 1.06. The van der Waals surface area contributed by atoms with E-state index in [1.54, 1.807) is 0 Å². The number of carbonyl (C=O) groups is 4. The number of carboxylic acids is 2. The molecule has 0 aliphatic carbocycles. The number of amides is 1. The van der Waals surface area contributed by atoms with Gasteiger partial charge in [-0.2, -0.15) is 13.2 Å². The number of hydrogen-bond donors (Lipinski definition) is 4. The lowest BCUT2D eigenvalue weighted by Gasteiger charge is -2.07. The van der Waals surface area contributed by atoms with E-state index in [0.717, 1.165) is 0 Å². The molecular formula is C12H19F3N2O7. The molecule has 0 bridgehead atoms. The molecule has 0 aliphatic rings. The zero-order valence-electron chi connectivity index (χ0n) is 12.8. The number of alkyl halides is 3. The van der Waals surface area contributed by atoms with Crippen LogP contribution in [0.4, 0.5) is 13.2 Å². The smallest absolute Gasteiger partial charge is 0.480 e. The van der Waals surface area contributed by atoms with E-state index in [9.17, 15) is 27.6 Å². The van der Waals surface area contributed by atoms with Crippen LogP contribution in [-0.2, 0) is 23.9 Å². The van der Waals surface area contributed by atoms with Crippen molar-refractivity contribution in [1.82, 2.24) is 5.32 Å². The van der Waals surface area contributed by atoms with Gasteiger partial charge in [0.25, 0.3) is 0 Å². The van der Waals surface area contributed by atoms with E-state index >= 15 is 0 Å². The molecule has 0 unspecified atom stereocenters. The average molecular weight is 360 g/mol. The van der Waals surface area contributed by atoms with Crippen LogP contribution in [0.3, 0.4) is 0 Å². The fraction of sp³-hybridized carbons (Fsp3) is 0.667. The number of hydrogen-bond acceptors (Lipinski definition) is 6. The van der Waals surface area contributed by atoms with Gasteiger partial charge in [0.1, 0.15) is 6.04 Å². The van der Waals surface area contributed by atoms with E-state index in [2.05, 4.69) is 10.1 Å². The SMILES string of the molecule is COC(=O)CCCNC(=O)CC[C@H](N)C(=O)O.O=C(O)C(F)(F)F. The van der Waals surface area contributed by atoms with Gasteiger partial charge in [0.15, 0.2) is 0 Å². The third kappa shape index (κ3) is 14.6. The Bertz CT molecular complexity index is 441. The topological polar surface area (TPSA) is 156 Å². The van der Waals surface area contributed by atoms with Crippen molar-refractivity contribution in [3.8, 4) is 0 Å². The third-order valence-corrected chi connectivity index (χ3v) is 2.35. The summed E-state index contributed by atoms with van der Waals surface area (Å²) in [4.78, 5) is 41.2. The number of carboxylic acid groups (broad SMARTS) is 2. The largest absolute Gasteiger partial charge is 0.490 e. The summed E-state index contributed by atoms with van der Waals surface area (Å²) in [6, 6.07) is -1.02. The van der Waals surface area contributed by atoms with Crippen molar-refractivity contribution in [2.75, 3.05) is 13.7 Å². The lowest BCUT2D eigenvalue weighted by atomic mass is 10.1. The van der Waals surface area contributed by atoms with Gasteiger partial charge in [-0.05, 0) is 12.8 Å². The standard InChI is InChI=1S/C10H18N2O5.C2HF3O2/c1-17-9(14)3-2-6-12-8(13)5-4-7(11)10(15)16;3-2(4,5)1(6)7/h7H,2-6,11H2,1H3,(H,12,13)(H,15,16);(H,6,7)/t7-;/m0./s1. The second-order valence-electron chi connectivity index (χ2n) is 4.32. The third-order valence-electron chi connectivity index (χ3n) is 2.35. The van der Waals surface area contributed by atoms with E-state index in [1.165, 1.54) is 7.11 Å². The fourth-order valence-electron chi connectivity index (χ4n) is 1.06. The van der Waals surface area contributed by atoms with E-state index in [0.29, 0.717) is 13.0 Å². The number of carbonyl (C=O) groups excluding carboxylic acids is 2. The molecule has 5 N–H and O–H groups in total. The minimum atomic E-state index is -5.08. The Kier molecular flexibility index (Phi) is 12.0. The van der Waals surface area contributed by atoms with Crippen LogP contribution in [0.5, 0.6) is 0 Å². The van der Waals surface area contributed by atoms with Crippen LogP contribution in [0.1, 0.15) is 25.7 Å². The molecule has 1 atom stereocenters. The monoisotopic (exact) mass is 360 g/mol. The summed E-state index contributed by atoms with van der Waals surface area (Å²) in [6.45, 7) is 0.357. The Labute approximate surface area is 134 Å². The molecule has 0 aromatic rings. The molecule has 0 aliphatic heterocycles. The molecular weight excluding hydrogens is 341 g/mol. The highest BCUT2D eigenvalue weighted by atomic mass is 19.4. The molecule has 0 aromatic heterocycles. The van der Waals surface area contributed by atoms with Gasteiger partial charge in [-0.15, -0.1) is 0 Å². The zero-order chi connectivity index (χ0) is 19.3. The number of esters is 1. The van der Waals surface area contributed by atoms with E-state index in [4.69, 9.17) is 20.7 Å². The van der Waals surface area contributed by atoms with Crippen molar-refractivity contribution < 1.29 is 47.3 Å². The van der Waals surface area contributed by atoms with Gasteiger partial charge in [-0.1, -0.05) is 0 Å². The van der Waals surface area contributed by atoms with E-state index < -0.39 is 24.2 Å². The number of halogens is 3. The Morgan fingerprint density at radius 2 is 1.67 bits per heavy atom. The lowest BCUT2D eigenvalue weighted by molar-refractivity contribution is -0.192. The molecule has 0 saturated heterocycles. The van der Waals surface area contributed by atoms with Crippen molar-refractivity contribution in [1.29, 1.82) is 0 Å². The normalized spacial score (nSPS) is 11.5. The predicted octanol–water partition coefficient (Wildman–Crippen LogP) is -0.119. The van der Waals surface area contributed by atoms with Crippen LogP contribution in [0.2, 0.25) is 0 Å². The Morgan fingerprint density at radius 1 is 1.17 bits per heavy atom. The molecule has 1 amide bonds. The van der Waals surface area contributed by atoms with Crippen molar-refractivity contribution in [2.45, 2.75) is 37.9 Å². The molecule has 0 saturated carbocycles. The van der Waals surface area contributed by atoms with Gasteiger partial charge in [-0.3, -0.25) is 14.4 Å². The summed E-state index contributed by atoms with van der Waals surface area (Å²) in [7, 11) is 1.30. The first-order chi connectivity index (χ1) is 10.9. The van der Waals surface area contributed by atoms with Gasteiger partial charge in [0, 0.05) is 19.4 Å².